The molecule has 1 aliphatic carbocycles. The van der Waals surface area contributed by atoms with Crippen LogP contribution < -0.4 is 10.9 Å². The van der Waals surface area contributed by atoms with Crippen molar-refractivity contribution in [3.8, 4) is 16.8 Å². The van der Waals surface area contributed by atoms with Crippen LogP contribution >= 0.6 is 11.6 Å². The zero-order valence-corrected chi connectivity index (χ0v) is 19.4. The molecule has 1 fully saturated rings. The van der Waals surface area contributed by atoms with Crippen molar-refractivity contribution in [2.75, 3.05) is 5.32 Å². The summed E-state index contributed by atoms with van der Waals surface area (Å²) in [5.74, 6) is -0.415. The number of pyridine rings is 2. The third-order valence-electron chi connectivity index (χ3n) is 6.20. The van der Waals surface area contributed by atoms with Crippen molar-refractivity contribution in [1.29, 1.82) is 0 Å². The van der Waals surface area contributed by atoms with E-state index in [9.17, 15) is 9.18 Å². The zero-order chi connectivity index (χ0) is 23.6. The molecule has 0 aliphatic heterocycles. The van der Waals surface area contributed by atoms with Crippen molar-refractivity contribution in [1.82, 2.24) is 19.3 Å². The Bertz CT molecular complexity index is 1650. The second-order valence-electron chi connectivity index (χ2n) is 8.79. The molecule has 1 N–H and O–H groups in total. The molecule has 0 bridgehead atoms. The Hall–Kier alpha value is -3.71. The van der Waals surface area contributed by atoms with Crippen LogP contribution in [0.5, 0.6) is 0 Å². The Morgan fingerprint density at radius 1 is 1.12 bits per heavy atom. The first-order valence-electron chi connectivity index (χ1n) is 11.1. The van der Waals surface area contributed by atoms with Crippen molar-refractivity contribution >= 4 is 39.2 Å². The minimum absolute atomic E-state index is 0.233. The number of nitrogens with one attached hydrogen (secondary N) is 1. The molecule has 170 valence electrons. The number of aromatic nitrogens is 4. The molecule has 1 aliphatic rings. The number of halogens is 2. The molecule has 5 aromatic rings. The van der Waals surface area contributed by atoms with Gasteiger partial charge in [0, 0.05) is 35.1 Å². The number of nitrogens with zero attached hydrogens (tertiary/aromatic N) is 4. The van der Waals surface area contributed by atoms with Crippen LogP contribution in [-0.2, 0) is 7.05 Å². The van der Waals surface area contributed by atoms with E-state index in [1.54, 1.807) is 40.4 Å². The predicted molar refractivity (Wildman–Crippen MR) is 133 cm³/mol. The number of hydrogen-bond donors (Lipinski definition) is 1. The van der Waals surface area contributed by atoms with Crippen LogP contribution in [0.4, 0.5) is 10.1 Å². The summed E-state index contributed by atoms with van der Waals surface area (Å²) < 4.78 is 18.1. The van der Waals surface area contributed by atoms with E-state index < -0.39 is 5.82 Å². The van der Waals surface area contributed by atoms with Gasteiger partial charge in [-0.3, -0.25) is 14.0 Å². The van der Waals surface area contributed by atoms with Gasteiger partial charge in [0.2, 0.25) is 0 Å². The third kappa shape index (κ3) is 3.44. The van der Waals surface area contributed by atoms with E-state index in [0.29, 0.717) is 33.0 Å². The molecule has 0 unspecified atom stereocenters. The Morgan fingerprint density at radius 2 is 1.88 bits per heavy atom. The maximum absolute atomic E-state index is 14.8. The molecule has 6 nitrogen and oxygen atoms in total. The van der Waals surface area contributed by atoms with E-state index in [2.05, 4.69) is 15.4 Å². The Kier molecular flexibility index (Phi) is 4.71. The third-order valence-corrected chi connectivity index (χ3v) is 6.45. The van der Waals surface area contributed by atoms with Gasteiger partial charge in [-0.15, -0.1) is 0 Å². The Labute approximate surface area is 199 Å². The highest BCUT2D eigenvalue weighted by Crippen LogP contribution is 2.37. The molecule has 34 heavy (non-hydrogen) atoms. The van der Waals surface area contributed by atoms with E-state index in [-0.39, 0.29) is 17.3 Å². The number of anilines is 1. The van der Waals surface area contributed by atoms with Crippen molar-refractivity contribution < 1.29 is 4.39 Å². The van der Waals surface area contributed by atoms with Gasteiger partial charge in [-0.05, 0) is 67.8 Å². The second-order valence-corrected chi connectivity index (χ2v) is 9.23. The monoisotopic (exact) mass is 473 g/mol. The SMILES string of the molecule is Cc1nc2c(cc1F)c(NC1CC1)c(-c1ccc3nn(C)cc3c1)c(=O)n2-c1ccc(Cl)cc1. The topological polar surface area (TPSA) is 64.7 Å². The van der Waals surface area contributed by atoms with E-state index in [1.807, 2.05) is 31.4 Å². The molecule has 8 heteroatoms. The minimum Gasteiger partial charge on any atom is -0.381 e. The lowest BCUT2D eigenvalue weighted by Gasteiger charge is -2.19. The lowest BCUT2D eigenvalue weighted by molar-refractivity contribution is 0.612. The van der Waals surface area contributed by atoms with Gasteiger partial charge in [0.05, 0.1) is 28.1 Å². The van der Waals surface area contributed by atoms with Crippen molar-refractivity contribution in [3.05, 3.63) is 81.6 Å². The quantitative estimate of drug-likeness (QED) is 0.368. The van der Waals surface area contributed by atoms with E-state index in [1.165, 1.54) is 6.07 Å². The number of aryl methyl sites for hydroxylation is 2. The second kappa shape index (κ2) is 7.67. The first-order chi connectivity index (χ1) is 16.4. The predicted octanol–water partition coefficient (Wildman–Crippen LogP) is 5.61. The first kappa shape index (κ1) is 20.9. The van der Waals surface area contributed by atoms with Gasteiger partial charge >= 0.3 is 0 Å². The summed E-state index contributed by atoms with van der Waals surface area (Å²) in [5.41, 5.74) is 3.67. The summed E-state index contributed by atoms with van der Waals surface area (Å²) in [5, 5.41) is 9.98. The van der Waals surface area contributed by atoms with Gasteiger partial charge in [-0.25, -0.2) is 9.37 Å². The molecule has 6 rings (SSSR count). The lowest BCUT2D eigenvalue weighted by atomic mass is 10.0. The van der Waals surface area contributed by atoms with E-state index >= 15 is 0 Å². The van der Waals surface area contributed by atoms with Gasteiger partial charge in [0.25, 0.3) is 5.56 Å². The van der Waals surface area contributed by atoms with Gasteiger partial charge in [-0.2, -0.15) is 5.10 Å². The Balaban J connectivity index is 1.74. The maximum atomic E-state index is 14.8. The highest BCUT2D eigenvalue weighted by molar-refractivity contribution is 6.30. The van der Waals surface area contributed by atoms with Gasteiger partial charge in [0.1, 0.15) is 11.5 Å². The molecular formula is C26H21ClFN5O. The zero-order valence-electron chi connectivity index (χ0n) is 18.6. The summed E-state index contributed by atoms with van der Waals surface area (Å²) in [6.07, 6.45) is 3.92. The van der Waals surface area contributed by atoms with E-state index in [0.717, 1.165) is 29.3 Å². The van der Waals surface area contributed by atoms with Crippen LogP contribution in [0.2, 0.25) is 5.02 Å². The average Bonchev–Trinajstić information content (AvgIpc) is 3.54. The molecule has 3 heterocycles. The summed E-state index contributed by atoms with van der Waals surface area (Å²) in [4.78, 5) is 18.7. The van der Waals surface area contributed by atoms with Crippen LogP contribution in [-0.4, -0.2) is 25.4 Å². The fourth-order valence-corrected chi connectivity index (χ4v) is 4.48. The number of rotatable bonds is 4. The number of fused-ring (bicyclic) bond motifs is 2. The van der Waals surface area contributed by atoms with Crippen LogP contribution in [0.25, 0.3) is 38.8 Å². The summed E-state index contributed by atoms with van der Waals surface area (Å²) in [6.45, 7) is 1.60. The summed E-state index contributed by atoms with van der Waals surface area (Å²) in [7, 11) is 1.86. The normalized spacial score (nSPS) is 13.6. The van der Waals surface area contributed by atoms with Gasteiger partial charge in [-0.1, -0.05) is 17.7 Å². The summed E-state index contributed by atoms with van der Waals surface area (Å²) in [6, 6.07) is 14.5. The molecule has 0 spiro atoms. The highest BCUT2D eigenvalue weighted by Gasteiger charge is 2.27. The molecule has 2 aromatic carbocycles. The van der Waals surface area contributed by atoms with Crippen LogP contribution in [0.15, 0.2) is 59.5 Å². The maximum Gasteiger partial charge on any atom is 0.266 e. The molecule has 0 atom stereocenters. The van der Waals surface area contributed by atoms with Crippen molar-refractivity contribution in [2.24, 2.45) is 7.05 Å². The molecular weight excluding hydrogens is 453 g/mol. The molecule has 3 aromatic heterocycles. The fourth-order valence-electron chi connectivity index (χ4n) is 4.36. The van der Waals surface area contributed by atoms with Crippen LogP contribution in [0, 0.1) is 12.7 Å². The fraction of sp³-hybridized carbons (Fsp3) is 0.192. The number of hydrogen-bond acceptors (Lipinski definition) is 4. The minimum atomic E-state index is -0.415. The molecule has 0 radical (unpaired) electrons. The highest BCUT2D eigenvalue weighted by atomic mass is 35.5. The number of benzene rings is 2. The van der Waals surface area contributed by atoms with Crippen molar-refractivity contribution in [2.45, 2.75) is 25.8 Å². The Morgan fingerprint density at radius 3 is 2.62 bits per heavy atom. The standard InChI is InChI=1S/C26H21ClFN5O/c1-14-21(28)12-20-24(30-18-6-7-18)23(15-3-10-22-16(11-15)13-32(2)31-22)26(34)33(25(20)29-14)19-8-4-17(27)5-9-19/h3-5,8-13,18,30H,6-7H2,1-2H3. The molecule has 0 saturated heterocycles. The van der Waals surface area contributed by atoms with Crippen molar-refractivity contribution in [3.63, 3.8) is 0 Å². The average molecular weight is 474 g/mol. The van der Waals surface area contributed by atoms with Crippen LogP contribution in [0.3, 0.4) is 0 Å². The molecule has 0 amide bonds. The van der Waals surface area contributed by atoms with Gasteiger partial charge in [0.15, 0.2) is 0 Å². The molecule has 1 saturated carbocycles. The smallest absolute Gasteiger partial charge is 0.266 e. The van der Waals surface area contributed by atoms with Gasteiger partial charge < -0.3 is 5.32 Å². The first-order valence-corrected chi connectivity index (χ1v) is 11.5. The lowest BCUT2D eigenvalue weighted by Crippen LogP contribution is -2.24. The van der Waals surface area contributed by atoms with E-state index in [4.69, 9.17) is 11.6 Å². The summed E-state index contributed by atoms with van der Waals surface area (Å²) >= 11 is 6.11. The largest absolute Gasteiger partial charge is 0.381 e. The van der Waals surface area contributed by atoms with Crippen LogP contribution in [0.1, 0.15) is 18.5 Å².